The largest absolute Gasteiger partial charge is 0.441 e. The van der Waals surface area contributed by atoms with Gasteiger partial charge in [-0.1, -0.05) is 0 Å². The number of hydrogen-bond donors (Lipinski definition) is 0. The molecule has 0 aliphatic heterocycles. The van der Waals surface area contributed by atoms with E-state index in [1.54, 1.807) is 0 Å². The molecule has 0 atom stereocenters. The zero-order valence-corrected chi connectivity index (χ0v) is 10.9. The fourth-order valence-electron chi connectivity index (χ4n) is 2.21. The average molecular weight is 252 g/mol. The third-order valence-electron chi connectivity index (χ3n) is 3.19. The molecule has 0 bridgehead atoms. The van der Waals surface area contributed by atoms with Gasteiger partial charge >= 0.3 is 0 Å². The van der Waals surface area contributed by atoms with Crippen LogP contribution < -0.4 is 0 Å². The van der Waals surface area contributed by atoms with E-state index in [-0.39, 0.29) is 0 Å². The Morgan fingerprint density at radius 3 is 2.79 bits per heavy atom. The van der Waals surface area contributed by atoms with Crippen molar-refractivity contribution in [3.63, 3.8) is 0 Å². The first-order chi connectivity index (χ1) is 9.10. The summed E-state index contributed by atoms with van der Waals surface area (Å²) in [7, 11) is 1.90. The highest BCUT2D eigenvalue weighted by Crippen LogP contribution is 2.27. The molecule has 0 saturated heterocycles. The molecule has 0 N–H and O–H groups in total. The second-order valence-corrected chi connectivity index (χ2v) is 4.44. The number of aryl methyl sites for hydroxylation is 2. The molecule has 0 saturated carbocycles. The van der Waals surface area contributed by atoms with Gasteiger partial charge in [-0.3, -0.25) is 0 Å². The first-order valence-electron chi connectivity index (χ1n) is 5.91. The van der Waals surface area contributed by atoms with E-state index in [2.05, 4.69) is 16.0 Å². The van der Waals surface area contributed by atoms with E-state index < -0.39 is 0 Å². The highest BCUT2D eigenvalue weighted by atomic mass is 16.3. The molecule has 0 unspecified atom stereocenters. The van der Waals surface area contributed by atoms with E-state index >= 15 is 0 Å². The van der Waals surface area contributed by atoms with Crippen molar-refractivity contribution in [2.24, 2.45) is 7.05 Å². The smallest absolute Gasteiger partial charge is 0.192 e. The zero-order valence-electron chi connectivity index (χ0n) is 10.9. The molecule has 19 heavy (non-hydrogen) atoms. The maximum atomic E-state index is 9.17. The van der Waals surface area contributed by atoms with Gasteiger partial charge in [0.1, 0.15) is 17.4 Å². The van der Waals surface area contributed by atoms with Crippen LogP contribution in [0.2, 0.25) is 0 Å². The number of hydrogen-bond acceptors (Lipinski definition) is 4. The third kappa shape index (κ3) is 1.69. The summed E-state index contributed by atoms with van der Waals surface area (Å²) in [4.78, 5) is 8.56. The molecular formula is C14H12N4O. The molecule has 2 aromatic heterocycles. The van der Waals surface area contributed by atoms with Crippen molar-refractivity contribution in [2.75, 3.05) is 0 Å². The van der Waals surface area contributed by atoms with Crippen LogP contribution in [0.1, 0.15) is 17.4 Å². The monoisotopic (exact) mass is 252 g/mol. The van der Waals surface area contributed by atoms with Crippen molar-refractivity contribution >= 4 is 11.1 Å². The minimum atomic E-state index is 0.430. The van der Waals surface area contributed by atoms with Gasteiger partial charge in [-0.15, -0.1) is 0 Å². The number of nitriles is 1. The molecule has 5 nitrogen and oxygen atoms in total. The molecule has 2 heterocycles. The van der Waals surface area contributed by atoms with E-state index in [9.17, 15) is 5.26 Å². The van der Waals surface area contributed by atoms with Crippen LogP contribution in [0.15, 0.2) is 22.6 Å². The summed E-state index contributed by atoms with van der Waals surface area (Å²) in [5, 5.41) is 9.17. The fraction of sp³-hybridized carbons (Fsp3) is 0.214. The highest BCUT2D eigenvalue weighted by Gasteiger charge is 2.15. The Bertz CT molecular complexity index is 820. The first kappa shape index (κ1) is 11.5. The molecule has 1 aromatic carbocycles. The molecule has 3 rings (SSSR count). The van der Waals surface area contributed by atoms with Gasteiger partial charge in [0.25, 0.3) is 0 Å². The molecule has 0 aliphatic carbocycles. The minimum Gasteiger partial charge on any atom is -0.441 e. The number of aromatic nitrogens is 3. The number of imidazole rings is 1. The van der Waals surface area contributed by atoms with E-state index in [1.165, 1.54) is 0 Å². The topological polar surface area (TPSA) is 67.6 Å². The molecule has 0 amide bonds. The second kappa shape index (κ2) is 3.95. The van der Waals surface area contributed by atoms with Gasteiger partial charge in [0.15, 0.2) is 17.2 Å². The first-order valence-corrected chi connectivity index (χ1v) is 5.91. The van der Waals surface area contributed by atoms with Crippen LogP contribution in [0.3, 0.4) is 0 Å². The second-order valence-electron chi connectivity index (χ2n) is 4.44. The Kier molecular flexibility index (Phi) is 2.39. The Morgan fingerprint density at radius 1 is 1.26 bits per heavy atom. The number of oxazole rings is 1. The minimum absolute atomic E-state index is 0.430. The van der Waals surface area contributed by atoms with Crippen LogP contribution in [0.4, 0.5) is 0 Å². The average Bonchev–Trinajstić information content (AvgIpc) is 2.88. The van der Waals surface area contributed by atoms with Crippen molar-refractivity contribution in [1.29, 1.82) is 5.26 Å². The molecule has 0 aliphatic rings. The number of benzene rings is 1. The SMILES string of the molecule is Cc1nc2cc(-c3c(C#N)nc(C)n3C)ccc2o1. The summed E-state index contributed by atoms with van der Waals surface area (Å²) in [5.41, 5.74) is 3.69. The fourth-order valence-corrected chi connectivity index (χ4v) is 2.21. The van der Waals surface area contributed by atoms with Gasteiger partial charge < -0.3 is 8.98 Å². The quantitative estimate of drug-likeness (QED) is 0.667. The summed E-state index contributed by atoms with van der Waals surface area (Å²) in [5.74, 6) is 1.44. The predicted molar refractivity (Wildman–Crippen MR) is 70.4 cm³/mol. The summed E-state index contributed by atoms with van der Waals surface area (Å²) >= 11 is 0. The van der Waals surface area contributed by atoms with Crippen molar-refractivity contribution in [2.45, 2.75) is 13.8 Å². The maximum absolute atomic E-state index is 9.17. The Balaban J connectivity index is 2.27. The van der Waals surface area contributed by atoms with E-state index in [0.29, 0.717) is 11.6 Å². The lowest BCUT2D eigenvalue weighted by Crippen LogP contribution is -1.94. The van der Waals surface area contributed by atoms with E-state index in [1.807, 2.05) is 43.7 Å². The van der Waals surface area contributed by atoms with Crippen LogP contribution in [0, 0.1) is 25.2 Å². The lowest BCUT2D eigenvalue weighted by atomic mass is 10.1. The van der Waals surface area contributed by atoms with Gasteiger partial charge in [0.2, 0.25) is 0 Å². The summed E-state index contributed by atoms with van der Waals surface area (Å²) in [6, 6.07) is 7.84. The van der Waals surface area contributed by atoms with Crippen LogP contribution >= 0.6 is 0 Å². The normalized spacial score (nSPS) is 10.8. The zero-order chi connectivity index (χ0) is 13.6. The van der Waals surface area contributed by atoms with Crippen LogP contribution in [0.5, 0.6) is 0 Å². The highest BCUT2D eigenvalue weighted by molar-refractivity contribution is 5.80. The Labute approximate surface area is 110 Å². The van der Waals surface area contributed by atoms with Gasteiger partial charge in [-0.25, -0.2) is 9.97 Å². The van der Waals surface area contributed by atoms with Crippen LogP contribution in [-0.2, 0) is 7.05 Å². The predicted octanol–water partition coefficient (Wildman–Crippen LogP) is 2.72. The van der Waals surface area contributed by atoms with Crippen molar-refractivity contribution in [3.8, 4) is 17.3 Å². The van der Waals surface area contributed by atoms with Gasteiger partial charge in [-0.2, -0.15) is 5.26 Å². The molecule has 0 radical (unpaired) electrons. The van der Waals surface area contributed by atoms with E-state index in [4.69, 9.17) is 4.42 Å². The van der Waals surface area contributed by atoms with Crippen molar-refractivity contribution in [1.82, 2.24) is 14.5 Å². The lowest BCUT2D eigenvalue weighted by Gasteiger charge is -2.04. The molecule has 3 aromatic rings. The number of nitrogens with zero attached hydrogens (tertiary/aromatic N) is 4. The van der Waals surface area contributed by atoms with Crippen LogP contribution in [-0.4, -0.2) is 14.5 Å². The maximum Gasteiger partial charge on any atom is 0.192 e. The molecule has 5 heteroatoms. The van der Waals surface area contributed by atoms with Gasteiger partial charge in [0.05, 0.1) is 5.69 Å². The van der Waals surface area contributed by atoms with Gasteiger partial charge in [0, 0.05) is 19.5 Å². The lowest BCUT2D eigenvalue weighted by molar-refractivity contribution is 0.561. The van der Waals surface area contributed by atoms with Crippen molar-refractivity contribution < 1.29 is 4.42 Å². The molecule has 0 spiro atoms. The third-order valence-corrected chi connectivity index (χ3v) is 3.19. The molecule has 0 fully saturated rings. The molecular weight excluding hydrogens is 240 g/mol. The summed E-state index contributed by atoms with van der Waals surface area (Å²) in [6.45, 7) is 3.69. The standard InChI is InChI=1S/C14H12N4O/c1-8-16-12(7-15)14(18(8)3)10-4-5-13-11(6-10)17-9(2)19-13/h4-6H,1-3H3. The van der Waals surface area contributed by atoms with Gasteiger partial charge in [-0.05, 0) is 25.1 Å². The number of fused-ring (bicyclic) bond motifs is 1. The van der Waals surface area contributed by atoms with Crippen molar-refractivity contribution in [3.05, 3.63) is 35.6 Å². The summed E-state index contributed by atoms with van der Waals surface area (Å²) < 4.78 is 7.36. The number of rotatable bonds is 1. The Morgan fingerprint density at radius 2 is 2.05 bits per heavy atom. The Hall–Kier alpha value is -2.61. The summed E-state index contributed by atoms with van der Waals surface area (Å²) in [6.07, 6.45) is 0. The molecule has 94 valence electrons. The van der Waals surface area contributed by atoms with E-state index in [0.717, 1.165) is 28.2 Å². The van der Waals surface area contributed by atoms with Crippen LogP contribution in [0.25, 0.3) is 22.4 Å².